The minimum atomic E-state index is 1.19. The monoisotopic (exact) mass is 197 g/mol. The van der Waals surface area contributed by atoms with Gasteiger partial charge >= 0.3 is 0 Å². The Hall–Kier alpha value is -0.720. The fourth-order valence-electron chi connectivity index (χ4n) is 1.13. The molecule has 0 aromatic rings. The van der Waals surface area contributed by atoms with Gasteiger partial charge in [0.15, 0.2) is 0 Å². The highest BCUT2D eigenvalue weighted by molar-refractivity contribution is 5.14. The molecule has 0 unspecified atom stereocenters. The molecular formula is C13H27N. The molecule has 0 aromatic heterocycles. The topological polar surface area (TPSA) is 3.24 Å². The lowest BCUT2D eigenvalue weighted by molar-refractivity contribution is 0.564. The zero-order chi connectivity index (χ0) is 11.6. The molecule has 0 aliphatic carbocycles. The SMILES string of the molecule is CC.CC.CC1=C(C)N(C)C=CCC1. The van der Waals surface area contributed by atoms with Crippen molar-refractivity contribution in [2.45, 2.75) is 54.4 Å². The molecule has 0 fully saturated rings. The Balaban J connectivity index is 0. The Morgan fingerprint density at radius 1 is 1.07 bits per heavy atom. The third-order valence-electron chi connectivity index (χ3n) is 2.16. The summed E-state index contributed by atoms with van der Waals surface area (Å²) < 4.78 is 0. The minimum Gasteiger partial charge on any atom is -0.355 e. The Labute approximate surface area is 90.5 Å². The van der Waals surface area contributed by atoms with Crippen molar-refractivity contribution in [2.24, 2.45) is 0 Å². The van der Waals surface area contributed by atoms with Crippen molar-refractivity contribution in [3.63, 3.8) is 0 Å². The molecule has 0 atom stereocenters. The molecule has 0 saturated heterocycles. The first-order chi connectivity index (χ1) is 6.72. The van der Waals surface area contributed by atoms with E-state index in [4.69, 9.17) is 0 Å². The molecule has 1 aliphatic rings. The lowest BCUT2D eigenvalue weighted by atomic mass is 10.1. The highest BCUT2D eigenvalue weighted by Gasteiger charge is 2.02. The van der Waals surface area contributed by atoms with Gasteiger partial charge in [-0.05, 0) is 32.9 Å². The van der Waals surface area contributed by atoms with Gasteiger partial charge in [-0.1, -0.05) is 39.3 Å². The third kappa shape index (κ3) is 5.85. The summed E-state index contributed by atoms with van der Waals surface area (Å²) in [7, 11) is 2.10. The summed E-state index contributed by atoms with van der Waals surface area (Å²) in [5, 5.41) is 0. The van der Waals surface area contributed by atoms with Gasteiger partial charge in [-0.25, -0.2) is 0 Å². The van der Waals surface area contributed by atoms with Crippen LogP contribution in [0.15, 0.2) is 23.5 Å². The first-order valence-electron chi connectivity index (χ1n) is 5.77. The van der Waals surface area contributed by atoms with Crippen LogP contribution < -0.4 is 0 Å². The van der Waals surface area contributed by atoms with E-state index in [-0.39, 0.29) is 0 Å². The maximum Gasteiger partial charge on any atom is 0.0129 e. The average Bonchev–Trinajstić information content (AvgIpc) is 2.40. The Bertz CT molecular complexity index is 178. The molecule has 14 heavy (non-hydrogen) atoms. The maximum absolute atomic E-state index is 2.22. The molecule has 0 amide bonds. The van der Waals surface area contributed by atoms with E-state index >= 15 is 0 Å². The van der Waals surface area contributed by atoms with Crippen molar-refractivity contribution < 1.29 is 0 Å². The van der Waals surface area contributed by atoms with E-state index in [0.717, 1.165) is 0 Å². The molecule has 84 valence electrons. The van der Waals surface area contributed by atoms with Crippen molar-refractivity contribution in [1.29, 1.82) is 0 Å². The Morgan fingerprint density at radius 2 is 1.57 bits per heavy atom. The van der Waals surface area contributed by atoms with Crippen molar-refractivity contribution in [3.05, 3.63) is 23.5 Å². The molecule has 0 bridgehead atoms. The lowest BCUT2D eigenvalue weighted by Gasteiger charge is -2.15. The first kappa shape index (κ1) is 15.7. The fourth-order valence-corrected chi connectivity index (χ4v) is 1.13. The normalized spacial score (nSPS) is 14.9. The molecule has 1 rings (SSSR count). The molecule has 0 aromatic carbocycles. The molecule has 1 nitrogen and oxygen atoms in total. The van der Waals surface area contributed by atoms with Crippen LogP contribution >= 0.6 is 0 Å². The molecule has 0 N–H and O–H groups in total. The van der Waals surface area contributed by atoms with Gasteiger partial charge in [0.25, 0.3) is 0 Å². The molecule has 0 spiro atoms. The first-order valence-corrected chi connectivity index (χ1v) is 5.77. The van der Waals surface area contributed by atoms with Gasteiger partial charge in [-0.3, -0.25) is 0 Å². The second-order valence-corrected chi connectivity index (χ2v) is 2.90. The van der Waals surface area contributed by atoms with Gasteiger partial charge in [-0.15, -0.1) is 0 Å². The van der Waals surface area contributed by atoms with Gasteiger partial charge < -0.3 is 4.90 Å². The standard InChI is InChI=1S/C9H15N.2C2H6/c1-8-6-4-5-7-10(3)9(8)2;2*1-2/h5,7H,4,6H2,1-3H3;2*1-2H3. The summed E-state index contributed by atoms with van der Waals surface area (Å²) in [6.07, 6.45) is 6.77. The molecule has 1 aliphatic heterocycles. The van der Waals surface area contributed by atoms with E-state index in [9.17, 15) is 0 Å². The van der Waals surface area contributed by atoms with Gasteiger partial charge in [0.2, 0.25) is 0 Å². The van der Waals surface area contributed by atoms with E-state index in [1.807, 2.05) is 27.7 Å². The van der Waals surface area contributed by atoms with Crippen molar-refractivity contribution in [2.75, 3.05) is 7.05 Å². The summed E-state index contributed by atoms with van der Waals surface area (Å²) in [4.78, 5) is 2.18. The second kappa shape index (κ2) is 10.4. The van der Waals surface area contributed by atoms with Crippen molar-refractivity contribution in [3.8, 4) is 0 Å². The molecular weight excluding hydrogens is 170 g/mol. The van der Waals surface area contributed by atoms with Crippen LogP contribution in [0, 0.1) is 0 Å². The largest absolute Gasteiger partial charge is 0.355 e. The summed E-state index contributed by atoms with van der Waals surface area (Å²) >= 11 is 0. The van der Waals surface area contributed by atoms with Gasteiger partial charge in [0.05, 0.1) is 0 Å². The quantitative estimate of drug-likeness (QED) is 0.550. The second-order valence-electron chi connectivity index (χ2n) is 2.90. The number of hydrogen-bond donors (Lipinski definition) is 0. The van der Waals surface area contributed by atoms with Crippen LogP contribution in [0.4, 0.5) is 0 Å². The highest BCUT2D eigenvalue weighted by Crippen LogP contribution is 2.17. The number of nitrogens with zero attached hydrogens (tertiary/aromatic N) is 1. The highest BCUT2D eigenvalue weighted by atomic mass is 15.1. The van der Waals surface area contributed by atoms with Crippen LogP contribution in [0.2, 0.25) is 0 Å². The van der Waals surface area contributed by atoms with Crippen LogP contribution in [0.3, 0.4) is 0 Å². The maximum atomic E-state index is 2.22. The summed E-state index contributed by atoms with van der Waals surface area (Å²) in [5.74, 6) is 0. The van der Waals surface area contributed by atoms with Crippen LogP contribution in [0.1, 0.15) is 54.4 Å². The van der Waals surface area contributed by atoms with Gasteiger partial charge in [-0.2, -0.15) is 0 Å². The van der Waals surface area contributed by atoms with Crippen LogP contribution in [0.25, 0.3) is 0 Å². The molecule has 0 radical (unpaired) electrons. The Kier molecular flexibility index (Phi) is 11.6. The number of hydrogen-bond acceptors (Lipinski definition) is 1. The molecule has 1 heterocycles. The fraction of sp³-hybridized carbons (Fsp3) is 0.692. The lowest BCUT2D eigenvalue weighted by Crippen LogP contribution is -2.07. The summed E-state index contributed by atoms with van der Waals surface area (Å²) in [5.41, 5.74) is 2.90. The average molecular weight is 197 g/mol. The predicted octanol–water partition coefficient (Wildman–Crippen LogP) is 4.57. The Morgan fingerprint density at radius 3 is 2.07 bits per heavy atom. The zero-order valence-electron chi connectivity index (χ0n) is 11.0. The molecule has 0 saturated carbocycles. The van der Waals surface area contributed by atoms with E-state index in [1.54, 1.807) is 0 Å². The number of allylic oxidation sites excluding steroid dienone is 3. The van der Waals surface area contributed by atoms with Gasteiger partial charge in [0.1, 0.15) is 0 Å². The van der Waals surface area contributed by atoms with Crippen molar-refractivity contribution in [1.82, 2.24) is 4.90 Å². The van der Waals surface area contributed by atoms with Crippen LogP contribution in [-0.2, 0) is 0 Å². The van der Waals surface area contributed by atoms with E-state index in [2.05, 4.69) is 38.1 Å². The third-order valence-corrected chi connectivity index (χ3v) is 2.16. The van der Waals surface area contributed by atoms with Crippen LogP contribution in [-0.4, -0.2) is 11.9 Å². The summed E-state index contributed by atoms with van der Waals surface area (Å²) in [6.45, 7) is 12.4. The van der Waals surface area contributed by atoms with Gasteiger partial charge in [0, 0.05) is 12.7 Å². The predicted molar refractivity (Wildman–Crippen MR) is 67.2 cm³/mol. The smallest absolute Gasteiger partial charge is 0.0129 e. The van der Waals surface area contributed by atoms with E-state index in [0.29, 0.717) is 0 Å². The minimum absolute atomic E-state index is 1.19. The van der Waals surface area contributed by atoms with E-state index < -0.39 is 0 Å². The molecule has 1 heteroatoms. The zero-order valence-corrected chi connectivity index (χ0v) is 11.0. The van der Waals surface area contributed by atoms with Crippen molar-refractivity contribution >= 4 is 0 Å². The van der Waals surface area contributed by atoms with Crippen LogP contribution in [0.5, 0.6) is 0 Å². The van der Waals surface area contributed by atoms with E-state index in [1.165, 1.54) is 24.1 Å². The summed E-state index contributed by atoms with van der Waals surface area (Å²) in [6, 6.07) is 0. The number of rotatable bonds is 0.